The van der Waals surface area contributed by atoms with E-state index in [4.69, 9.17) is 14.2 Å². The van der Waals surface area contributed by atoms with Gasteiger partial charge in [-0.05, 0) is 75.2 Å². The Balaban J connectivity index is 2.02. The first-order chi connectivity index (χ1) is 17.7. The summed E-state index contributed by atoms with van der Waals surface area (Å²) in [5.41, 5.74) is 4.40. The first-order valence-corrected chi connectivity index (χ1v) is 11.9. The Hall–Kier alpha value is -4.13. The van der Waals surface area contributed by atoms with Crippen LogP contribution in [0.1, 0.15) is 27.7 Å². The second-order valence-corrected chi connectivity index (χ2v) is 9.02. The fraction of sp³-hybridized carbons (Fsp3) is 0.267. The second-order valence-electron chi connectivity index (χ2n) is 9.02. The van der Waals surface area contributed by atoms with Crippen molar-refractivity contribution in [1.29, 1.82) is 0 Å². The van der Waals surface area contributed by atoms with Crippen LogP contribution >= 0.6 is 0 Å². The molecule has 0 heterocycles. The molecule has 3 aromatic rings. The van der Waals surface area contributed by atoms with Crippen LogP contribution in [-0.4, -0.2) is 37.6 Å². The van der Waals surface area contributed by atoms with E-state index in [2.05, 4.69) is 5.32 Å². The van der Waals surface area contributed by atoms with Crippen LogP contribution < -0.4 is 19.5 Å². The number of hydrogen-bond donors (Lipinski definition) is 3. The number of halogens is 1. The van der Waals surface area contributed by atoms with Gasteiger partial charge in [-0.1, -0.05) is 29.4 Å². The molecule has 3 N–H and O–H groups in total. The number of nitrogens with one attached hydrogen (secondary N) is 1. The molecule has 0 aliphatic heterocycles. The van der Waals surface area contributed by atoms with E-state index in [0.717, 1.165) is 11.1 Å². The van der Waals surface area contributed by atoms with E-state index in [1.807, 2.05) is 39.8 Å². The average molecular weight is 508 g/mol. The molecule has 0 amide bonds. The number of ether oxygens (including phenoxy) is 3. The molecule has 0 aliphatic carbocycles. The van der Waals surface area contributed by atoms with Gasteiger partial charge in [-0.3, -0.25) is 0 Å². The molecule has 37 heavy (non-hydrogen) atoms. The number of hydrogen-bond acceptors (Lipinski definition) is 6. The molecule has 0 radical (unpaired) electrons. The number of anilines is 1. The molecule has 0 aromatic heterocycles. The van der Waals surface area contributed by atoms with Gasteiger partial charge in [0.15, 0.2) is 23.0 Å². The summed E-state index contributed by atoms with van der Waals surface area (Å²) in [6.07, 6.45) is 3.87. The third-order valence-corrected chi connectivity index (χ3v) is 5.70. The highest BCUT2D eigenvalue weighted by molar-refractivity contribution is 5.88. The summed E-state index contributed by atoms with van der Waals surface area (Å²) in [6, 6.07) is 11.3. The molecule has 0 saturated carbocycles. The van der Waals surface area contributed by atoms with Crippen molar-refractivity contribution in [3.8, 4) is 51.0 Å². The van der Waals surface area contributed by atoms with Gasteiger partial charge in [-0.25, -0.2) is 4.39 Å². The van der Waals surface area contributed by atoms with Crippen molar-refractivity contribution in [1.82, 2.24) is 0 Å². The van der Waals surface area contributed by atoms with E-state index in [1.165, 1.54) is 26.4 Å². The monoisotopic (exact) mass is 507 g/mol. The number of phenols is 2. The maximum Gasteiger partial charge on any atom is 0.170 e. The minimum Gasteiger partial charge on any atom is -0.504 e. The summed E-state index contributed by atoms with van der Waals surface area (Å²) in [7, 11) is 2.90. The topological polar surface area (TPSA) is 80.2 Å². The van der Waals surface area contributed by atoms with E-state index >= 15 is 0 Å². The van der Waals surface area contributed by atoms with Gasteiger partial charge in [-0.15, -0.1) is 0 Å². The smallest absolute Gasteiger partial charge is 0.170 e. The third kappa shape index (κ3) is 6.55. The third-order valence-electron chi connectivity index (χ3n) is 5.70. The summed E-state index contributed by atoms with van der Waals surface area (Å²) in [5.74, 6) is 0.0962. The molecule has 0 bridgehead atoms. The van der Waals surface area contributed by atoms with Gasteiger partial charge in [0.25, 0.3) is 0 Å². The minimum absolute atomic E-state index is 0.0811. The van der Waals surface area contributed by atoms with Crippen LogP contribution in [0.15, 0.2) is 65.8 Å². The molecule has 3 rings (SSSR count). The summed E-state index contributed by atoms with van der Waals surface area (Å²) >= 11 is 0. The van der Waals surface area contributed by atoms with E-state index in [9.17, 15) is 14.6 Å². The van der Waals surface area contributed by atoms with Crippen molar-refractivity contribution in [2.45, 2.75) is 27.7 Å². The zero-order valence-corrected chi connectivity index (χ0v) is 22.1. The molecule has 0 saturated heterocycles. The SMILES string of the molecule is COc1cc(-c2ccc(NCC=C(C)C)c(F)c2)c(OC)c(O)c1-c1ccc(OCC=C(C)C)c(O)c1. The van der Waals surface area contributed by atoms with Crippen LogP contribution in [0.3, 0.4) is 0 Å². The van der Waals surface area contributed by atoms with Gasteiger partial charge in [0.2, 0.25) is 0 Å². The highest BCUT2D eigenvalue weighted by Gasteiger charge is 2.23. The summed E-state index contributed by atoms with van der Waals surface area (Å²) in [6.45, 7) is 8.72. The fourth-order valence-electron chi connectivity index (χ4n) is 3.77. The van der Waals surface area contributed by atoms with Crippen molar-refractivity contribution in [2.24, 2.45) is 0 Å². The van der Waals surface area contributed by atoms with Gasteiger partial charge >= 0.3 is 0 Å². The average Bonchev–Trinajstić information content (AvgIpc) is 2.85. The van der Waals surface area contributed by atoms with Crippen molar-refractivity contribution in [2.75, 3.05) is 32.7 Å². The molecule has 0 aliphatic rings. The lowest BCUT2D eigenvalue weighted by atomic mass is 9.96. The first-order valence-electron chi connectivity index (χ1n) is 11.9. The zero-order chi connectivity index (χ0) is 27.1. The summed E-state index contributed by atoms with van der Waals surface area (Å²) in [4.78, 5) is 0. The lowest BCUT2D eigenvalue weighted by molar-refractivity contribution is 0.335. The number of benzene rings is 3. The number of allylic oxidation sites excluding steroid dienone is 2. The largest absolute Gasteiger partial charge is 0.504 e. The van der Waals surface area contributed by atoms with Crippen LogP contribution in [-0.2, 0) is 0 Å². The van der Waals surface area contributed by atoms with Crippen molar-refractivity contribution < 1.29 is 28.8 Å². The Kier molecular flexibility index (Phi) is 9.06. The fourth-order valence-corrected chi connectivity index (χ4v) is 3.77. The highest BCUT2D eigenvalue weighted by Crippen LogP contribution is 2.50. The van der Waals surface area contributed by atoms with Crippen LogP contribution in [0.2, 0.25) is 0 Å². The number of rotatable bonds is 10. The maximum atomic E-state index is 14.9. The Morgan fingerprint density at radius 2 is 1.57 bits per heavy atom. The summed E-state index contributed by atoms with van der Waals surface area (Å²) < 4.78 is 31.6. The van der Waals surface area contributed by atoms with Crippen LogP contribution in [0.4, 0.5) is 10.1 Å². The first kappa shape index (κ1) is 27.5. The van der Waals surface area contributed by atoms with E-state index < -0.39 is 5.82 Å². The molecule has 0 atom stereocenters. The zero-order valence-electron chi connectivity index (χ0n) is 22.1. The molecular formula is C30H34FNO5. The lowest BCUT2D eigenvalue weighted by Gasteiger charge is -2.19. The Bertz CT molecular complexity index is 1320. The number of phenolic OH excluding ortho intramolecular Hbond substituents is 2. The molecule has 0 unspecified atom stereocenters. The van der Waals surface area contributed by atoms with Gasteiger partial charge in [0, 0.05) is 12.1 Å². The second kappa shape index (κ2) is 12.2. The van der Waals surface area contributed by atoms with Gasteiger partial charge in [-0.2, -0.15) is 0 Å². The Morgan fingerprint density at radius 1 is 0.865 bits per heavy atom. The lowest BCUT2D eigenvalue weighted by Crippen LogP contribution is -2.01. The van der Waals surface area contributed by atoms with Gasteiger partial charge in [0.05, 0.1) is 25.5 Å². The van der Waals surface area contributed by atoms with E-state index in [-0.39, 0.29) is 17.2 Å². The quantitative estimate of drug-likeness (QED) is 0.250. The minimum atomic E-state index is -0.433. The molecule has 7 heteroatoms. The van der Waals surface area contributed by atoms with Crippen LogP contribution in [0, 0.1) is 5.82 Å². The normalized spacial score (nSPS) is 10.5. The van der Waals surface area contributed by atoms with Gasteiger partial charge in [0.1, 0.15) is 18.2 Å². The molecule has 196 valence electrons. The molecule has 0 fully saturated rings. The van der Waals surface area contributed by atoms with Crippen molar-refractivity contribution >= 4 is 5.69 Å². The standard InChI is InChI=1S/C30H34FNO5/c1-18(2)11-13-32-24-9-7-20(15-23(24)31)22-17-27(35-5)28(29(34)30(22)36-6)21-8-10-26(25(33)16-21)37-14-12-19(3)4/h7-12,15-17,32-34H,13-14H2,1-6H3. The highest BCUT2D eigenvalue weighted by atomic mass is 19.1. The molecule has 0 spiro atoms. The predicted molar refractivity (Wildman–Crippen MR) is 147 cm³/mol. The molecular weight excluding hydrogens is 473 g/mol. The molecule has 3 aromatic carbocycles. The number of aromatic hydroxyl groups is 2. The Morgan fingerprint density at radius 3 is 2.16 bits per heavy atom. The van der Waals surface area contributed by atoms with Crippen molar-refractivity contribution in [3.63, 3.8) is 0 Å². The van der Waals surface area contributed by atoms with Crippen molar-refractivity contribution in [3.05, 3.63) is 71.6 Å². The predicted octanol–water partition coefficient (Wildman–Crippen LogP) is 7.31. The van der Waals surface area contributed by atoms with Crippen LogP contribution in [0.5, 0.6) is 28.7 Å². The molecule has 6 nitrogen and oxygen atoms in total. The van der Waals surface area contributed by atoms with E-state index in [0.29, 0.717) is 52.6 Å². The summed E-state index contributed by atoms with van der Waals surface area (Å²) in [5, 5.41) is 24.8. The number of methoxy groups -OCH3 is 2. The Labute approximate surface area is 217 Å². The van der Waals surface area contributed by atoms with Crippen LogP contribution in [0.25, 0.3) is 22.3 Å². The van der Waals surface area contributed by atoms with E-state index in [1.54, 1.807) is 30.3 Å². The maximum absolute atomic E-state index is 14.9. The van der Waals surface area contributed by atoms with Gasteiger partial charge < -0.3 is 29.7 Å².